The van der Waals surface area contributed by atoms with Crippen molar-refractivity contribution in [2.75, 3.05) is 0 Å². The van der Waals surface area contributed by atoms with Crippen molar-refractivity contribution >= 4 is 0 Å². The highest BCUT2D eigenvalue weighted by atomic mass is 19.1. The topological polar surface area (TPSA) is 12.0 Å². The first-order chi connectivity index (χ1) is 8.08. The molecule has 0 radical (unpaired) electrons. The van der Waals surface area contributed by atoms with Gasteiger partial charge in [0.05, 0.1) is 0 Å². The number of benzene rings is 1. The highest BCUT2D eigenvalue weighted by Gasteiger charge is 2.15. The average molecular weight is 241 g/mol. The molecule has 1 rings (SSSR count). The summed E-state index contributed by atoms with van der Waals surface area (Å²) in [5, 5.41) is 3.35. The normalized spacial score (nSPS) is 14.6. The predicted octanol–water partition coefficient (Wildman–Crippen LogP) is 4.19. The SMILES string of the molecule is CCCC(CC)NC(C)c1cc(F)ccc1F. The molecule has 0 aromatic heterocycles. The Morgan fingerprint density at radius 3 is 2.53 bits per heavy atom. The summed E-state index contributed by atoms with van der Waals surface area (Å²) in [5.41, 5.74) is 0.402. The van der Waals surface area contributed by atoms with E-state index < -0.39 is 5.82 Å². The van der Waals surface area contributed by atoms with Gasteiger partial charge in [-0.05, 0) is 38.0 Å². The van der Waals surface area contributed by atoms with Gasteiger partial charge >= 0.3 is 0 Å². The van der Waals surface area contributed by atoms with Gasteiger partial charge in [-0.15, -0.1) is 0 Å². The molecule has 1 aromatic rings. The lowest BCUT2D eigenvalue weighted by molar-refractivity contribution is 0.407. The van der Waals surface area contributed by atoms with Gasteiger partial charge in [-0.1, -0.05) is 20.3 Å². The number of rotatable bonds is 6. The van der Waals surface area contributed by atoms with Crippen LogP contribution in [0.25, 0.3) is 0 Å². The first kappa shape index (κ1) is 14.1. The van der Waals surface area contributed by atoms with Crippen LogP contribution in [0.2, 0.25) is 0 Å². The third-order valence-corrected chi connectivity index (χ3v) is 3.04. The van der Waals surface area contributed by atoms with Crippen LogP contribution in [0.3, 0.4) is 0 Å². The van der Waals surface area contributed by atoms with Crippen LogP contribution in [0.15, 0.2) is 18.2 Å². The summed E-state index contributed by atoms with van der Waals surface area (Å²) >= 11 is 0. The molecule has 1 N–H and O–H groups in total. The molecule has 0 fully saturated rings. The molecule has 0 aliphatic heterocycles. The largest absolute Gasteiger partial charge is 0.307 e. The number of nitrogens with one attached hydrogen (secondary N) is 1. The third kappa shape index (κ3) is 4.08. The van der Waals surface area contributed by atoms with Crippen LogP contribution >= 0.6 is 0 Å². The van der Waals surface area contributed by atoms with Crippen molar-refractivity contribution in [2.24, 2.45) is 0 Å². The van der Waals surface area contributed by atoms with Crippen LogP contribution in [0, 0.1) is 11.6 Å². The van der Waals surface area contributed by atoms with E-state index in [9.17, 15) is 8.78 Å². The van der Waals surface area contributed by atoms with Crippen molar-refractivity contribution in [2.45, 2.75) is 52.1 Å². The molecule has 17 heavy (non-hydrogen) atoms. The zero-order chi connectivity index (χ0) is 12.8. The second-order valence-electron chi connectivity index (χ2n) is 4.45. The minimum atomic E-state index is -0.390. The Kier molecular flexibility index (Phi) is 5.56. The van der Waals surface area contributed by atoms with Gasteiger partial charge in [0.2, 0.25) is 0 Å². The van der Waals surface area contributed by atoms with E-state index in [1.165, 1.54) is 12.1 Å². The molecule has 0 bridgehead atoms. The van der Waals surface area contributed by atoms with Crippen molar-refractivity contribution in [3.63, 3.8) is 0 Å². The zero-order valence-corrected chi connectivity index (χ0v) is 10.8. The summed E-state index contributed by atoms with van der Waals surface area (Å²) in [5.74, 6) is -0.739. The smallest absolute Gasteiger partial charge is 0.128 e. The van der Waals surface area contributed by atoms with E-state index in [1.54, 1.807) is 0 Å². The summed E-state index contributed by atoms with van der Waals surface area (Å²) in [6.07, 6.45) is 3.14. The Hall–Kier alpha value is -0.960. The molecule has 0 amide bonds. The molecule has 2 atom stereocenters. The Morgan fingerprint density at radius 2 is 1.94 bits per heavy atom. The fourth-order valence-electron chi connectivity index (χ4n) is 2.04. The van der Waals surface area contributed by atoms with E-state index in [4.69, 9.17) is 0 Å². The van der Waals surface area contributed by atoms with Crippen LogP contribution < -0.4 is 5.32 Å². The van der Waals surface area contributed by atoms with Gasteiger partial charge in [-0.2, -0.15) is 0 Å². The van der Waals surface area contributed by atoms with E-state index in [0.717, 1.165) is 25.3 Å². The van der Waals surface area contributed by atoms with Gasteiger partial charge in [0.25, 0.3) is 0 Å². The number of hydrogen-bond donors (Lipinski definition) is 1. The van der Waals surface area contributed by atoms with Gasteiger partial charge in [-0.25, -0.2) is 8.78 Å². The van der Waals surface area contributed by atoms with Crippen LogP contribution in [0.5, 0.6) is 0 Å². The molecule has 0 saturated carbocycles. The summed E-state index contributed by atoms with van der Waals surface area (Å²) in [6.45, 7) is 6.09. The summed E-state index contributed by atoms with van der Waals surface area (Å²) in [7, 11) is 0. The molecule has 2 unspecified atom stereocenters. The van der Waals surface area contributed by atoms with Crippen LogP contribution in [-0.2, 0) is 0 Å². The van der Waals surface area contributed by atoms with Crippen LogP contribution in [0.1, 0.15) is 51.6 Å². The maximum atomic E-state index is 13.6. The minimum absolute atomic E-state index is 0.165. The fraction of sp³-hybridized carbons (Fsp3) is 0.571. The van der Waals surface area contributed by atoms with Crippen molar-refractivity contribution in [1.82, 2.24) is 5.32 Å². The monoisotopic (exact) mass is 241 g/mol. The lowest BCUT2D eigenvalue weighted by atomic mass is 10.0. The van der Waals surface area contributed by atoms with E-state index in [0.29, 0.717) is 11.6 Å². The molecule has 0 heterocycles. The third-order valence-electron chi connectivity index (χ3n) is 3.04. The van der Waals surface area contributed by atoms with Crippen molar-refractivity contribution in [1.29, 1.82) is 0 Å². The first-order valence-electron chi connectivity index (χ1n) is 6.29. The van der Waals surface area contributed by atoms with Gasteiger partial charge in [0.15, 0.2) is 0 Å². The van der Waals surface area contributed by atoms with Crippen molar-refractivity contribution in [3.05, 3.63) is 35.4 Å². The summed E-state index contributed by atoms with van der Waals surface area (Å²) in [6, 6.07) is 3.80. The Bertz CT molecular complexity index is 352. The van der Waals surface area contributed by atoms with E-state index >= 15 is 0 Å². The van der Waals surface area contributed by atoms with Crippen molar-refractivity contribution in [3.8, 4) is 0 Å². The second kappa shape index (κ2) is 6.70. The molecule has 1 nitrogen and oxygen atoms in total. The molecule has 3 heteroatoms. The maximum absolute atomic E-state index is 13.6. The minimum Gasteiger partial charge on any atom is -0.307 e. The molecule has 0 spiro atoms. The zero-order valence-electron chi connectivity index (χ0n) is 10.8. The lowest BCUT2D eigenvalue weighted by Gasteiger charge is -2.22. The van der Waals surface area contributed by atoms with E-state index in [2.05, 4.69) is 19.2 Å². The number of hydrogen-bond acceptors (Lipinski definition) is 1. The first-order valence-corrected chi connectivity index (χ1v) is 6.29. The fourth-order valence-corrected chi connectivity index (χ4v) is 2.04. The van der Waals surface area contributed by atoms with Gasteiger partial charge in [0.1, 0.15) is 11.6 Å². The predicted molar refractivity (Wildman–Crippen MR) is 66.9 cm³/mol. The lowest BCUT2D eigenvalue weighted by Crippen LogP contribution is -2.31. The van der Waals surface area contributed by atoms with E-state index in [1.807, 2.05) is 6.92 Å². The highest BCUT2D eigenvalue weighted by Crippen LogP contribution is 2.19. The molecular weight excluding hydrogens is 220 g/mol. The molecule has 0 aliphatic carbocycles. The number of halogens is 2. The van der Waals surface area contributed by atoms with E-state index in [-0.39, 0.29) is 11.9 Å². The molecule has 1 aromatic carbocycles. The van der Waals surface area contributed by atoms with Crippen LogP contribution in [0.4, 0.5) is 8.78 Å². The summed E-state index contributed by atoms with van der Waals surface area (Å²) in [4.78, 5) is 0. The van der Waals surface area contributed by atoms with Crippen molar-refractivity contribution < 1.29 is 8.78 Å². The van der Waals surface area contributed by atoms with Crippen LogP contribution in [-0.4, -0.2) is 6.04 Å². The molecule has 96 valence electrons. The quantitative estimate of drug-likeness (QED) is 0.787. The van der Waals surface area contributed by atoms with Gasteiger partial charge in [-0.3, -0.25) is 0 Å². The molecule has 0 saturated heterocycles. The Balaban J connectivity index is 2.74. The maximum Gasteiger partial charge on any atom is 0.128 e. The molecular formula is C14H21F2N. The summed E-state index contributed by atoms with van der Waals surface area (Å²) < 4.78 is 26.6. The Labute approximate surface area is 102 Å². The highest BCUT2D eigenvalue weighted by molar-refractivity contribution is 5.21. The Morgan fingerprint density at radius 1 is 1.24 bits per heavy atom. The van der Waals surface area contributed by atoms with Gasteiger partial charge in [0, 0.05) is 17.6 Å². The standard InChI is InChI=1S/C14H21F2N/c1-4-6-12(5-2)17-10(3)13-9-11(15)7-8-14(13)16/h7-10,12,17H,4-6H2,1-3H3. The average Bonchev–Trinajstić information content (AvgIpc) is 2.31. The second-order valence-corrected chi connectivity index (χ2v) is 4.45. The van der Waals surface area contributed by atoms with Gasteiger partial charge < -0.3 is 5.32 Å². The molecule has 0 aliphatic rings.